The number of aromatic carboxylic acids is 1. The average Bonchev–Trinajstić information content (AvgIpc) is 2.92. The molecule has 1 aromatic heterocycles. The van der Waals surface area contributed by atoms with Crippen LogP contribution in [0.3, 0.4) is 0 Å². The number of benzene rings is 1. The molecular formula is C15H17NO2S. The van der Waals surface area contributed by atoms with Crippen LogP contribution < -0.4 is 0 Å². The number of carbonyl (C=O) groups is 1. The monoisotopic (exact) mass is 275 g/mol. The number of hydrogen-bond acceptors (Lipinski definition) is 3. The first-order chi connectivity index (χ1) is 9.08. The molecule has 2 rings (SSSR count). The van der Waals surface area contributed by atoms with Crippen molar-refractivity contribution in [1.29, 1.82) is 0 Å². The molecule has 0 spiro atoms. The summed E-state index contributed by atoms with van der Waals surface area (Å²) in [6.07, 6.45) is 0. The van der Waals surface area contributed by atoms with E-state index < -0.39 is 5.97 Å². The van der Waals surface area contributed by atoms with E-state index in [0.717, 1.165) is 12.1 Å². The number of nitrogens with zero attached hydrogens (tertiary/aromatic N) is 1. The highest BCUT2D eigenvalue weighted by Crippen LogP contribution is 2.24. The van der Waals surface area contributed by atoms with Crippen LogP contribution in [-0.2, 0) is 6.54 Å². The molecule has 0 aliphatic rings. The van der Waals surface area contributed by atoms with Crippen molar-refractivity contribution in [1.82, 2.24) is 4.90 Å². The lowest BCUT2D eigenvalue weighted by molar-refractivity contribution is 0.0697. The van der Waals surface area contributed by atoms with Crippen LogP contribution in [0, 0.1) is 0 Å². The summed E-state index contributed by atoms with van der Waals surface area (Å²) in [4.78, 5) is 14.4. The molecule has 19 heavy (non-hydrogen) atoms. The van der Waals surface area contributed by atoms with Crippen LogP contribution in [-0.4, -0.2) is 23.0 Å². The molecule has 0 saturated heterocycles. The van der Waals surface area contributed by atoms with Gasteiger partial charge in [0.2, 0.25) is 0 Å². The molecular weight excluding hydrogens is 258 g/mol. The fraction of sp³-hybridized carbons (Fsp3) is 0.267. The minimum Gasteiger partial charge on any atom is -0.478 e. The van der Waals surface area contributed by atoms with Crippen molar-refractivity contribution in [2.75, 3.05) is 7.05 Å². The van der Waals surface area contributed by atoms with E-state index in [4.69, 9.17) is 5.11 Å². The molecule has 3 nitrogen and oxygen atoms in total. The van der Waals surface area contributed by atoms with Gasteiger partial charge in [0.15, 0.2) is 0 Å². The van der Waals surface area contributed by atoms with Gasteiger partial charge in [-0.2, -0.15) is 0 Å². The van der Waals surface area contributed by atoms with E-state index in [-0.39, 0.29) is 0 Å². The predicted octanol–water partition coefficient (Wildman–Crippen LogP) is 3.64. The van der Waals surface area contributed by atoms with Gasteiger partial charge >= 0.3 is 5.97 Å². The highest BCUT2D eigenvalue weighted by Gasteiger charge is 2.13. The molecule has 4 heteroatoms. The zero-order valence-electron chi connectivity index (χ0n) is 11.0. The van der Waals surface area contributed by atoms with Crippen LogP contribution in [0.4, 0.5) is 0 Å². The van der Waals surface area contributed by atoms with E-state index in [0.29, 0.717) is 11.6 Å². The quantitative estimate of drug-likeness (QED) is 0.905. The number of hydrogen-bond donors (Lipinski definition) is 1. The Bertz CT molecular complexity index is 534. The lowest BCUT2D eigenvalue weighted by Gasteiger charge is -2.23. The molecule has 0 saturated carbocycles. The van der Waals surface area contributed by atoms with E-state index in [1.165, 1.54) is 4.88 Å². The Morgan fingerprint density at radius 1 is 1.32 bits per heavy atom. The smallest absolute Gasteiger partial charge is 0.335 e. The summed E-state index contributed by atoms with van der Waals surface area (Å²) < 4.78 is 0. The van der Waals surface area contributed by atoms with E-state index in [1.54, 1.807) is 23.5 Å². The fourth-order valence-corrected chi connectivity index (χ4v) is 2.77. The highest BCUT2D eigenvalue weighted by atomic mass is 32.1. The summed E-state index contributed by atoms with van der Waals surface area (Å²) in [6.45, 7) is 2.98. The third-order valence-electron chi connectivity index (χ3n) is 3.25. The van der Waals surface area contributed by atoms with Gasteiger partial charge in [-0.15, -0.1) is 11.3 Å². The molecule has 100 valence electrons. The third-order valence-corrected chi connectivity index (χ3v) is 4.29. The van der Waals surface area contributed by atoms with E-state index in [2.05, 4.69) is 36.4 Å². The molecule has 0 amide bonds. The standard InChI is InChI=1S/C15H17NO2S/c1-11(14-4-3-9-19-14)16(2)10-12-5-7-13(8-6-12)15(17)18/h3-9,11H,10H2,1-2H3,(H,17,18). The second-order valence-electron chi connectivity index (χ2n) is 4.61. The van der Waals surface area contributed by atoms with Gasteiger partial charge in [-0.05, 0) is 43.1 Å². The molecule has 1 heterocycles. The zero-order valence-corrected chi connectivity index (χ0v) is 11.9. The van der Waals surface area contributed by atoms with Crippen molar-refractivity contribution in [3.8, 4) is 0 Å². The minimum atomic E-state index is -0.883. The predicted molar refractivity (Wildman–Crippen MR) is 77.6 cm³/mol. The Kier molecular flexibility index (Phi) is 4.35. The van der Waals surface area contributed by atoms with Crippen LogP contribution >= 0.6 is 11.3 Å². The summed E-state index contributed by atoms with van der Waals surface area (Å²) >= 11 is 1.76. The minimum absolute atomic E-state index is 0.331. The number of rotatable bonds is 5. The van der Waals surface area contributed by atoms with Crippen molar-refractivity contribution < 1.29 is 9.90 Å². The van der Waals surface area contributed by atoms with Gasteiger partial charge < -0.3 is 5.11 Å². The average molecular weight is 275 g/mol. The summed E-state index contributed by atoms with van der Waals surface area (Å²) in [7, 11) is 2.08. The fourth-order valence-electron chi connectivity index (χ4n) is 1.92. The van der Waals surface area contributed by atoms with E-state index in [1.807, 2.05) is 12.1 Å². The molecule has 0 fully saturated rings. The molecule has 2 aromatic rings. The topological polar surface area (TPSA) is 40.5 Å². The SMILES string of the molecule is CC(c1cccs1)N(C)Cc1ccc(C(=O)O)cc1. The summed E-state index contributed by atoms with van der Waals surface area (Å²) in [6, 6.07) is 11.6. The highest BCUT2D eigenvalue weighted by molar-refractivity contribution is 7.10. The van der Waals surface area contributed by atoms with Crippen LogP contribution in [0.5, 0.6) is 0 Å². The van der Waals surface area contributed by atoms with Gasteiger partial charge in [0.1, 0.15) is 0 Å². The molecule has 0 radical (unpaired) electrons. The first kappa shape index (κ1) is 13.8. The van der Waals surface area contributed by atoms with Gasteiger partial charge in [0, 0.05) is 17.5 Å². The van der Waals surface area contributed by atoms with Crippen LogP contribution in [0.2, 0.25) is 0 Å². The lowest BCUT2D eigenvalue weighted by Crippen LogP contribution is -2.21. The van der Waals surface area contributed by atoms with Crippen LogP contribution in [0.25, 0.3) is 0 Å². The Hall–Kier alpha value is -1.65. The first-order valence-corrected chi connectivity index (χ1v) is 7.02. The Balaban J connectivity index is 2.02. The zero-order chi connectivity index (χ0) is 13.8. The van der Waals surface area contributed by atoms with Crippen molar-refractivity contribution in [2.24, 2.45) is 0 Å². The van der Waals surface area contributed by atoms with E-state index in [9.17, 15) is 4.79 Å². The maximum Gasteiger partial charge on any atom is 0.335 e. The van der Waals surface area contributed by atoms with Crippen LogP contribution in [0.1, 0.15) is 33.8 Å². The molecule has 1 aromatic carbocycles. The van der Waals surface area contributed by atoms with Crippen molar-refractivity contribution in [2.45, 2.75) is 19.5 Å². The third kappa shape index (κ3) is 3.43. The van der Waals surface area contributed by atoms with Gasteiger partial charge in [-0.1, -0.05) is 18.2 Å². The second-order valence-corrected chi connectivity index (χ2v) is 5.59. The first-order valence-electron chi connectivity index (χ1n) is 6.14. The maximum atomic E-state index is 10.8. The van der Waals surface area contributed by atoms with E-state index >= 15 is 0 Å². The molecule has 1 N–H and O–H groups in total. The van der Waals surface area contributed by atoms with Gasteiger partial charge in [0.25, 0.3) is 0 Å². The van der Waals surface area contributed by atoms with Crippen LogP contribution in [0.15, 0.2) is 41.8 Å². The van der Waals surface area contributed by atoms with Crippen molar-refractivity contribution >= 4 is 17.3 Å². The molecule has 0 bridgehead atoms. The van der Waals surface area contributed by atoms with Crippen molar-refractivity contribution in [3.05, 3.63) is 57.8 Å². The summed E-state index contributed by atoms with van der Waals surface area (Å²) in [5.41, 5.74) is 1.45. The Labute approximate surface area is 117 Å². The van der Waals surface area contributed by atoms with Gasteiger partial charge in [-0.3, -0.25) is 4.90 Å². The number of thiophene rings is 1. The Morgan fingerprint density at radius 2 is 2.00 bits per heavy atom. The second kappa shape index (κ2) is 5.99. The largest absolute Gasteiger partial charge is 0.478 e. The van der Waals surface area contributed by atoms with Crippen molar-refractivity contribution in [3.63, 3.8) is 0 Å². The van der Waals surface area contributed by atoms with Gasteiger partial charge in [0.05, 0.1) is 5.56 Å². The molecule has 0 aliphatic carbocycles. The van der Waals surface area contributed by atoms with Gasteiger partial charge in [-0.25, -0.2) is 4.79 Å². The maximum absolute atomic E-state index is 10.8. The molecule has 0 aliphatic heterocycles. The molecule has 1 atom stereocenters. The summed E-state index contributed by atoms with van der Waals surface area (Å²) in [5, 5.41) is 10.9. The Morgan fingerprint density at radius 3 is 2.53 bits per heavy atom. The normalized spacial score (nSPS) is 12.6. The molecule has 1 unspecified atom stereocenters. The lowest BCUT2D eigenvalue weighted by atomic mass is 10.1. The summed E-state index contributed by atoms with van der Waals surface area (Å²) in [5.74, 6) is -0.883. The number of carboxylic acids is 1. The number of carboxylic acid groups (broad SMARTS) is 1.